The van der Waals surface area contributed by atoms with Gasteiger partial charge in [-0.1, -0.05) is 12.1 Å². The normalized spacial score (nSPS) is 16.2. The molecule has 0 fully saturated rings. The number of carbonyl (C=O) groups is 2. The molecule has 0 spiro atoms. The summed E-state index contributed by atoms with van der Waals surface area (Å²) in [6, 6.07) is 10.3. The number of hydrogen-bond acceptors (Lipinski definition) is 5. The summed E-state index contributed by atoms with van der Waals surface area (Å²) in [5.41, 5.74) is 3.18. The molecule has 0 unspecified atom stereocenters. The number of sulfone groups is 1. The van der Waals surface area contributed by atoms with Gasteiger partial charge in [-0.2, -0.15) is 0 Å². The number of amides is 2. The number of hydrogen-bond donors (Lipinski definition) is 2. The molecule has 6 nitrogen and oxygen atoms in total. The van der Waals surface area contributed by atoms with Crippen LogP contribution in [0.3, 0.4) is 0 Å². The van der Waals surface area contributed by atoms with Crippen LogP contribution in [0.2, 0.25) is 0 Å². The van der Waals surface area contributed by atoms with E-state index in [0.717, 1.165) is 16.0 Å². The Morgan fingerprint density at radius 3 is 2.71 bits per heavy atom. The van der Waals surface area contributed by atoms with Crippen LogP contribution in [0.5, 0.6) is 0 Å². The lowest BCUT2D eigenvalue weighted by Gasteiger charge is -2.21. The summed E-state index contributed by atoms with van der Waals surface area (Å²) < 4.78 is 25.3. The van der Waals surface area contributed by atoms with Crippen molar-refractivity contribution in [1.82, 2.24) is 0 Å². The van der Waals surface area contributed by atoms with Gasteiger partial charge in [-0.3, -0.25) is 9.59 Å². The summed E-state index contributed by atoms with van der Waals surface area (Å²) in [4.78, 5) is 25.0. The number of benzene rings is 2. The summed E-state index contributed by atoms with van der Waals surface area (Å²) >= 11 is 1.39. The smallest absolute Gasteiger partial charge is 0.237 e. The van der Waals surface area contributed by atoms with E-state index in [1.54, 1.807) is 19.1 Å². The minimum Gasteiger partial charge on any atom is -0.326 e. The van der Waals surface area contributed by atoms with E-state index in [-0.39, 0.29) is 34.1 Å². The van der Waals surface area contributed by atoms with Crippen LogP contribution in [0.15, 0.2) is 46.2 Å². The lowest BCUT2D eigenvalue weighted by molar-refractivity contribution is -0.116. The van der Waals surface area contributed by atoms with Gasteiger partial charge in [-0.15, -0.1) is 11.8 Å². The predicted molar refractivity (Wildman–Crippen MR) is 112 cm³/mol. The molecule has 28 heavy (non-hydrogen) atoms. The lowest BCUT2D eigenvalue weighted by atomic mass is 10.1. The van der Waals surface area contributed by atoms with Crippen molar-refractivity contribution in [3.05, 3.63) is 47.5 Å². The fourth-order valence-electron chi connectivity index (χ4n) is 2.83. The average Bonchev–Trinajstić information content (AvgIpc) is 2.64. The Hall–Kier alpha value is -2.32. The predicted octanol–water partition coefficient (Wildman–Crippen LogP) is 3.54. The van der Waals surface area contributed by atoms with Gasteiger partial charge in [0.05, 0.1) is 21.6 Å². The molecule has 0 bridgehead atoms. The Balaban J connectivity index is 1.69. The first-order valence-electron chi connectivity index (χ1n) is 8.88. The maximum Gasteiger partial charge on any atom is 0.237 e. The number of nitrogens with one attached hydrogen (secondary N) is 2. The van der Waals surface area contributed by atoms with Gasteiger partial charge in [0.1, 0.15) is 0 Å². The van der Waals surface area contributed by atoms with Gasteiger partial charge in [0.25, 0.3) is 0 Å². The summed E-state index contributed by atoms with van der Waals surface area (Å²) in [7, 11) is -3.65. The quantitative estimate of drug-likeness (QED) is 0.775. The van der Waals surface area contributed by atoms with Gasteiger partial charge in [0.2, 0.25) is 11.8 Å². The van der Waals surface area contributed by atoms with E-state index in [4.69, 9.17) is 0 Å². The largest absolute Gasteiger partial charge is 0.326 e. The van der Waals surface area contributed by atoms with E-state index < -0.39 is 9.84 Å². The van der Waals surface area contributed by atoms with Gasteiger partial charge >= 0.3 is 0 Å². The Morgan fingerprint density at radius 1 is 1.21 bits per heavy atom. The van der Waals surface area contributed by atoms with Crippen LogP contribution in [0.1, 0.15) is 24.5 Å². The minimum atomic E-state index is -3.65. The van der Waals surface area contributed by atoms with Crippen molar-refractivity contribution in [2.75, 3.05) is 16.4 Å². The van der Waals surface area contributed by atoms with Crippen LogP contribution in [0, 0.1) is 13.8 Å². The zero-order valence-electron chi connectivity index (χ0n) is 15.9. The molecule has 8 heteroatoms. The second-order valence-corrected chi connectivity index (χ2v) is 10.3. The highest BCUT2D eigenvalue weighted by Gasteiger charge is 2.25. The molecule has 0 saturated carbocycles. The van der Waals surface area contributed by atoms with E-state index in [9.17, 15) is 18.0 Å². The topological polar surface area (TPSA) is 92.3 Å². The van der Waals surface area contributed by atoms with Crippen molar-refractivity contribution < 1.29 is 18.0 Å². The third-order valence-corrected chi connectivity index (χ3v) is 7.61. The van der Waals surface area contributed by atoms with E-state index in [2.05, 4.69) is 10.6 Å². The van der Waals surface area contributed by atoms with E-state index >= 15 is 0 Å². The molecule has 1 atom stereocenters. The first-order valence-corrected chi connectivity index (χ1v) is 11.4. The van der Waals surface area contributed by atoms with Gasteiger partial charge in [-0.25, -0.2) is 8.42 Å². The van der Waals surface area contributed by atoms with Gasteiger partial charge in [0.15, 0.2) is 9.84 Å². The van der Waals surface area contributed by atoms with Crippen LogP contribution < -0.4 is 10.6 Å². The molecular weight excluding hydrogens is 396 g/mol. The van der Waals surface area contributed by atoms with Gasteiger partial charge in [-0.05, 0) is 56.2 Å². The Bertz CT molecular complexity index is 1050. The number of thioether (sulfide) groups is 1. The molecule has 2 aromatic carbocycles. The highest BCUT2D eigenvalue weighted by Crippen LogP contribution is 2.36. The molecule has 1 aliphatic heterocycles. The molecule has 0 aromatic heterocycles. The monoisotopic (exact) mass is 418 g/mol. The zero-order chi connectivity index (χ0) is 20.5. The van der Waals surface area contributed by atoms with Crippen molar-refractivity contribution in [2.45, 2.75) is 42.2 Å². The number of fused-ring (bicyclic) bond motifs is 1. The highest BCUT2D eigenvalue weighted by molar-refractivity contribution is 8.01. The van der Waals surface area contributed by atoms with E-state index in [1.807, 2.05) is 26.0 Å². The second kappa shape index (κ2) is 7.97. The maximum absolute atomic E-state index is 12.6. The Labute approximate surface area is 169 Å². The first kappa shape index (κ1) is 20.4. The summed E-state index contributed by atoms with van der Waals surface area (Å²) in [6.45, 7) is 5.65. The highest BCUT2D eigenvalue weighted by atomic mass is 32.2. The molecule has 0 saturated heterocycles. The van der Waals surface area contributed by atoms with Crippen LogP contribution in [-0.2, 0) is 19.4 Å². The molecule has 2 amide bonds. The Morgan fingerprint density at radius 2 is 1.96 bits per heavy atom. The maximum atomic E-state index is 12.6. The summed E-state index contributed by atoms with van der Waals surface area (Å²) in [5.74, 6) is -0.812. The Kier molecular flexibility index (Phi) is 5.81. The summed E-state index contributed by atoms with van der Waals surface area (Å²) in [5, 5.41) is 5.28. The molecule has 2 aromatic rings. The number of carbonyl (C=O) groups excluding carboxylic acids is 2. The van der Waals surface area contributed by atoms with Crippen LogP contribution in [-0.4, -0.2) is 31.2 Å². The van der Waals surface area contributed by atoms with Crippen molar-refractivity contribution in [3.8, 4) is 0 Å². The standard InChI is InChI=1S/C20H22N2O4S2/c1-12-5-4-6-16(13(12)2)21-19(23)9-10-28(25,26)15-7-8-18-17(11-15)22-20(24)14(3)27-18/h4-8,11,14H,9-10H2,1-3H3,(H,21,23)(H,22,24)/t14-/m1/s1. The molecule has 148 valence electrons. The third kappa shape index (κ3) is 4.39. The molecule has 2 N–H and O–H groups in total. The molecule has 0 aliphatic carbocycles. The first-order chi connectivity index (χ1) is 13.2. The summed E-state index contributed by atoms with van der Waals surface area (Å²) in [6.07, 6.45) is -0.148. The van der Waals surface area contributed by atoms with Crippen LogP contribution in [0.25, 0.3) is 0 Å². The second-order valence-electron chi connectivity index (χ2n) is 6.77. The molecule has 1 aliphatic rings. The van der Waals surface area contributed by atoms with Crippen LogP contribution >= 0.6 is 11.8 Å². The van der Waals surface area contributed by atoms with Crippen molar-refractivity contribution in [1.29, 1.82) is 0 Å². The number of aryl methyl sites for hydroxylation is 1. The molecule has 1 heterocycles. The number of anilines is 2. The third-order valence-electron chi connectivity index (χ3n) is 4.72. The average molecular weight is 419 g/mol. The van der Waals surface area contributed by atoms with Gasteiger partial charge < -0.3 is 10.6 Å². The van der Waals surface area contributed by atoms with E-state index in [0.29, 0.717) is 11.4 Å². The fourth-order valence-corrected chi connectivity index (χ4v) is 5.02. The molecule has 0 radical (unpaired) electrons. The van der Waals surface area contributed by atoms with Crippen molar-refractivity contribution >= 4 is 44.8 Å². The molecule has 3 rings (SSSR count). The number of rotatable bonds is 5. The van der Waals surface area contributed by atoms with Crippen molar-refractivity contribution in [2.24, 2.45) is 0 Å². The SMILES string of the molecule is Cc1cccc(NC(=O)CCS(=O)(=O)c2ccc3c(c2)NC(=O)[C@@H](C)S3)c1C. The van der Waals surface area contributed by atoms with Gasteiger partial charge in [0, 0.05) is 17.0 Å². The van der Waals surface area contributed by atoms with E-state index in [1.165, 1.54) is 23.9 Å². The lowest BCUT2D eigenvalue weighted by Crippen LogP contribution is -2.26. The van der Waals surface area contributed by atoms with Crippen LogP contribution in [0.4, 0.5) is 11.4 Å². The fraction of sp³-hybridized carbons (Fsp3) is 0.300. The minimum absolute atomic E-state index is 0.0984. The molecular formula is C20H22N2O4S2. The van der Waals surface area contributed by atoms with Crippen molar-refractivity contribution in [3.63, 3.8) is 0 Å². The zero-order valence-corrected chi connectivity index (χ0v) is 17.5.